The Kier molecular flexibility index (Phi) is 4.83. The molecule has 0 aromatic carbocycles. The van der Waals surface area contributed by atoms with Crippen molar-refractivity contribution >= 4 is 0 Å². The van der Waals surface area contributed by atoms with Crippen LogP contribution in [0.5, 0.6) is 0 Å². The molecule has 0 bridgehead atoms. The number of likely N-dealkylation sites (tertiary alicyclic amines) is 1. The van der Waals surface area contributed by atoms with Crippen molar-refractivity contribution in [2.75, 3.05) is 32.8 Å². The molecule has 100 valence electrons. The first kappa shape index (κ1) is 13.3. The molecule has 2 rings (SSSR count). The zero-order valence-electron chi connectivity index (χ0n) is 11.2. The van der Waals surface area contributed by atoms with E-state index in [0.29, 0.717) is 12.5 Å². The first-order chi connectivity index (χ1) is 8.30. The zero-order valence-corrected chi connectivity index (χ0v) is 11.2. The second-order valence-electron chi connectivity index (χ2n) is 5.81. The van der Waals surface area contributed by atoms with Crippen molar-refractivity contribution < 1.29 is 5.11 Å². The lowest BCUT2D eigenvalue weighted by atomic mass is 9.93. The third-order valence-corrected chi connectivity index (χ3v) is 4.37. The van der Waals surface area contributed by atoms with Gasteiger partial charge in [0.05, 0.1) is 12.1 Å². The van der Waals surface area contributed by atoms with Crippen LogP contribution in [0.1, 0.15) is 45.4 Å². The van der Waals surface area contributed by atoms with Crippen LogP contribution in [0.25, 0.3) is 0 Å². The second-order valence-corrected chi connectivity index (χ2v) is 5.81. The molecule has 0 spiro atoms. The minimum absolute atomic E-state index is 0.0148. The molecular weight excluding hydrogens is 212 g/mol. The highest BCUT2D eigenvalue weighted by molar-refractivity contribution is 5.02. The van der Waals surface area contributed by atoms with E-state index < -0.39 is 0 Å². The molecule has 0 aromatic rings. The van der Waals surface area contributed by atoms with Gasteiger partial charge in [-0.3, -0.25) is 0 Å². The number of nitrogens with zero attached hydrogens (tertiary/aromatic N) is 1. The van der Waals surface area contributed by atoms with Gasteiger partial charge in [-0.2, -0.15) is 0 Å². The lowest BCUT2D eigenvalue weighted by Gasteiger charge is -2.38. The molecular formula is C14H28N2O. The fourth-order valence-corrected chi connectivity index (χ4v) is 3.25. The molecule has 1 unspecified atom stereocenters. The number of aliphatic hydroxyl groups excluding tert-OH is 1. The van der Waals surface area contributed by atoms with Gasteiger partial charge in [0.1, 0.15) is 0 Å². The van der Waals surface area contributed by atoms with Gasteiger partial charge in [0, 0.05) is 6.54 Å². The normalized spacial score (nSPS) is 26.5. The largest absolute Gasteiger partial charge is 0.394 e. The van der Waals surface area contributed by atoms with E-state index in [0.717, 1.165) is 13.1 Å². The van der Waals surface area contributed by atoms with Crippen LogP contribution < -0.4 is 5.32 Å². The number of hydrogen-bond acceptors (Lipinski definition) is 3. The summed E-state index contributed by atoms with van der Waals surface area (Å²) >= 11 is 0. The molecule has 3 heteroatoms. The van der Waals surface area contributed by atoms with Gasteiger partial charge in [0.2, 0.25) is 0 Å². The van der Waals surface area contributed by atoms with Crippen LogP contribution in [0.3, 0.4) is 0 Å². The maximum atomic E-state index is 9.83. The highest BCUT2D eigenvalue weighted by Crippen LogP contribution is 2.40. The maximum absolute atomic E-state index is 9.83. The predicted octanol–water partition coefficient (Wildman–Crippen LogP) is 1.61. The summed E-state index contributed by atoms with van der Waals surface area (Å²) < 4.78 is 0. The van der Waals surface area contributed by atoms with E-state index >= 15 is 0 Å². The Morgan fingerprint density at radius 2 is 1.82 bits per heavy atom. The molecule has 0 aromatic heterocycles. The number of hydrogen-bond donors (Lipinski definition) is 2. The van der Waals surface area contributed by atoms with E-state index in [4.69, 9.17) is 0 Å². The van der Waals surface area contributed by atoms with Gasteiger partial charge in [-0.25, -0.2) is 0 Å². The molecule has 1 saturated heterocycles. The van der Waals surface area contributed by atoms with Crippen LogP contribution in [0.15, 0.2) is 0 Å². The van der Waals surface area contributed by atoms with Crippen molar-refractivity contribution in [2.24, 2.45) is 5.92 Å². The summed E-state index contributed by atoms with van der Waals surface area (Å²) in [7, 11) is 0. The third kappa shape index (κ3) is 3.43. The molecule has 1 saturated carbocycles. The quantitative estimate of drug-likeness (QED) is 0.740. The van der Waals surface area contributed by atoms with E-state index in [-0.39, 0.29) is 5.54 Å². The fourth-order valence-electron chi connectivity index (χ4n) is 3.25. The summed E-state index contributed by atoms with van der Waals surface area (Å²) in [6.45, 7) is 6.89. The minimum Gasteiger partial charge on any atom is -0.394 e. The first-order valence-corrected chi connectivity index (χ1v) is 7.39. The lowest BCUT2D eigenvalue weighted by molar-refractivity contribution is 0.0932. The molecule has 1 aliphatic carbocycles. The first-order valence-electron chi connectivity index (χ1n) is 7.39. The van der Waals surface area contributed by atoms with Crippen LogP contribution in [0, 0.1) is 5.92 Å². The Balaban J connectivity index is 1.94. The van der Waals surface area contributed by atoms with Gasteiger partial charge in [-0.1, -0.05) is 19.8 Å². The highest BCUT2D eigenvalue weighted by Gasteiger charge is 2.45. The van der Waals surface area contributed by atoms with E-state index in [2.05, 4.69) is 17.1 Å². The molecule has 2 N–H and O–H groups in total. The number of nitrogens with one attached hydrogen (secondary N) is 1. The summed E-state index contributed by atoms with van der Waals surface area (Å²) in [5.74, 6) is 0.704. The number of rotatable bonds is 6. The summed E-state index contributed by atoms with van der Waals surface area (Å²) in [5, 5.41) is 13.4. The van der Waals surface area contributed by atoms with Gasteiger partial charge < -0.3 is 15.3 Å². The van der Waals surface area contributed by atoms with E-state index in [1.807, 2.05) is 0 Å². The Hall–Kier alpha value is -0.120. The molecule has 0 amide bonds. The summed E-state index contributed by atoms with van der Waals surface area (Å²) in [5.41, 5.74) is -0.0148. The van der Waals surface area contributed by atoms with Gasteiger partial charge in [0.25, 0.3) is 0 Å². The minimum atomic E-state index is -0.0148. The zero-order chi connectivity index (χ0) is 12.1. The molecule has 2 fully saturated rings. The summed E-state index contributed by atoms with van der Waals surface area (Å²) in [6, 6.07) is 0. The molecule has 1 aliphatic heterocycles. The van der Waals surface area contributed by atoms with Crippen molar-refractivity contribution in [1.82, 2.24) is 10.2 Å². The van der Waals surface area contributed by atoms with Crippen molar-refractivity contribution in [1.29, 1.82) is 0 Å². The van der Waals surface area contributed by atoms with Crippen molar-refractivity contribution in [3.8, 4) is 0 Å². The average molecular weight is 240 g/mol. The van der Waals surface area contributed by atoms with Gasteiger partial charge in [-0.05, 0) is 51.2 Å². The SMILES string of the molecule is CCNC(CO)(CN1CCCCCC1)C1CC1. The molecule has 0 radical (unpaired) electrons. The molecule has 2 aliphatic rings. The van der Waals surface area contributed by atoms with Crippen LogP contribution in [0.2, 0.25) is 0 Å². The van der Waals surface area contributed by atoms with E-state index in [1.54, 1.807) is 0 Å². The van der Waals surface area contributed by atoms with Gasteiger partial charge in [-0.15, -0.1) is 0 Å². The van der Waals surface area contributed by atoms with Crippen molar-refractivity contribution in [3.05, 3.63) is 0 Å². The number of likely N-dealkylation sites (N-methyl/N-ethyl adjacent to an activating group) is 1. The Morgan fingerprint density at radius 1 is 1.18 bits per heavy atom. The lowest BCUT2D eigenvalue weighted by Crippen LogP contribution is -2.58. The smallest absolute Gasteiger partial charge is 0.0628 e. The summed E-state index contributed by atoms with van der Waals surface area (Å²) in [4.78, 5) is 2.57. The van der Waals surface area contributed by atoms with Crippen molar-refractivity contribution in [2.45, 2.75) is 51.0 Å². The Bertz CT molecular complexity index is 222. The second kappa shape index (κ2) is 6.17. The third-order valence-electron chi connectivity index (χ3n) is 4.37. The monoisotopic (exact) mass is 240 g/mol. The topological polar surface area (TPSA) is 35.5 Å². The molecule has 1 atom stereocenters. The molecule has 3 nitrogen and oxygen atoms in total. The van der Waals surface area contributed by atoms with Crippen LogP contribution in [-0.2, 0) is 0 Å². The Labute approximate surface area is 106 Å². The average Bonchev–Trinajstić information content (AvgIpc) is 3.16. The fraction of sp³-hybridized carbons (Fsp3) is 1.00. The van der Waals surface area contributed by atoms with Crippen LogP contribution in [-0.4, -0.2) is 48.3 Å². The molecule has 17 heavy (non-hydrogen) atoms. The van der Waals surface area contributed by atoms with Gasteiger partial charge in [0.15, 0.2) is 0 Å². The van der Waals surface area contributed by atoms with Crippen LogP contribution in [0.4, 0.5) is 0 Å². The maximum Gasteiger partial charge on any atom is 0.0628 e. The standard InChI is InChI=1S/C14H28N2O/c1-2-15-14(12-17,13-7-8-13)11-16-9-5-3-4-6-10-16/h13,15,17H,2-12H2,1H3. The Morgan fingerprint density at radius 3 is 2.29 bits per heavy atom. The van der Waals surface area contributed by atoms with E-state index in [1.165, 1.54) is 51.6 Å². The molecule has 1 heterocycles. The van der Waals surface area contributed by atoms with Crippen molar-refractivity contribution in [3.63, 3.8) is 0 Å². The van der Waals surface area contributed by atoms with Gasteiger partial charge >= 0.3 is 0 Å². The van der Waals surface area contributed by atoms with E-state index in [9.17, 15) is 5.11 Å². The number of aliphatic hydroxyl groups is 1. The summed E-state index contributed by atoms with van der Waals surface area (Å²) in [6.07, 6.45) is 8.01. The van der Waals surface area contributed by atoms with Crippen LogP contribution >= 0.6 is 0 Å². The predicted molar refractivity (Wildman–Crippen MR) is 71.1 cm³/mol. The highest BCUT2D eigenvalue weighted by atomic mass is 16.3.